The van der Waals surface area contributed by atoms with Crippen molar-refractivity contribution in [1.29, 1.82) is 0 Å². The zero-order valence-corrected chi connectivity index (χ0v) is 15.2. The van der Waals surface area contributed by atoms with E-state index >= 15 is 0 Å². The van der Waals surface area contributed by atoms with Crippen LogP contribution in [0, 0.1) is 5.82 Å². The average Bonchev–Trinajstić information content (AvgIpc) is 2.57. The summed E-state index contributed by atoms with van der Waals surface area (Å²) in [5, 5.41) is 2.86. The second kappa shape index (κ2) is 6.88. The molecule has 2 aromatic rings. The largest absolute Gasteiger partial charge is 0.326 e. The number of hydrogen-bond acceptors (Lipinski definition) is 2. The lowest BCUT2D eigenvalue weighted by Gasteiger charge is -2.42. The smallest absolute Gasteiger partial charge is 0.283 e. The number of nitrogens with one attached hydrogen (secondary N) is 2. The van der Waals surface area contributed by atoms with Crippen LogP contribution in [0.4, 0.5) is 15.8 Å². The summed E-state index contributed by atoms with van der Waals surface area (Å²) in [4.78, 5) is 28.0. The van der Waals surface area contributed by atoms with Crippen molar-refractivity contribution in [2.24, 2.45) is 0 Å². The molecule has 0 saturated heterocycles. The van der Waals surface area contributed by atoms with Crippen molar-refractivity contribution in [2.45, 2.75) is 25.9 Å². The number of anilines is 2. The standard InChI is InChI=1S/C20H22FN3O2/c1-20(2)19(26)22-16-6-4-5-7-17(16)24(20)18(25)13-23(3)12-14-8-10-15(21)11-9-14/h4-11H,12-13H2,1-3H3,(H,22,26)/p+1. The van der Waals surface area contributed by atoms with E-state index in [2.05, 4.69) is 5.32 Å². The molecule has 0 fully saturated rings. The Morgan fingerprint density at radius 2 is 1.81 bits per heavy atom. The molecular weight excluding hydrogens is 333 g/mol. The maximum Gasteiger partial charge on any atom is 0.283 e. The van der Waals surface area contributed by atoms with Gasteiger partial charge in [0.1, 0.15) is 17.9 Å². The normalized spacial score (nSPS) is 16.6. The molecule has 2 aromatic carbocycles. The van der Waals surface area contributed by atoms with E-state index in [-0.39, 0.29) is 24.2 Å². The topological polar surface area (TPSA) is 53.9 Å². The quantitative estimate of drug-likeness (QED) is 0.874. The highest BCUT2D eigenvalue weighted by Crippen LogP contribution is 2.36. The van der Waals surface area contributed by atoms with E-state index in [1.807, 2.05) is 25.2 Å². The van der Waals surface area contributed by atoms with Crippen LogP contribution >= 0.6 is 0 Å². The number of carbonyl (C=O) groups excluding carboxylic acids is 2. The van der Waals surface area contributed by atoms with Crippen LogP contribution in [0.3, 0.4) is 0 Å². The Morgan fingerprint density at radius 1 is 1.15 bits per heavy atom. The number of carbonyl (C=O) groups is 2. The van der Waals surface area contributed by atoms with Gasteiger partial charge in [-0.05, 0) is 38.1 Å². The van der Waals surface area contributed by atoms with Gasteiger partial charge >= 0.3 is 0 Å². The van der Waals surface area contributed by atoms with Gasteiger partial charge in [-0.1, -0.05) is 24.3 Å². The van der Waals surface area contributed by atoms with E-state index in [0.29, 0.717) is 17.9 Å². The van der Waals surface area contributed by atoms with Crippen LogP contribution in [0.15, 0.2) is 48.5 Å². The molecule has 1 unspecified atom stereocenters. The molecule has 0 spiro atoms. The summed E-state index contributed by atoms with van der Waals surface area (Å²) in [6.45, 7) is 4.30. The molecular formula is C20H23FN3O2+. The Bertz CT molecular complexity index is 833. The van der Waals surface area contributed by atoms with Crippen molar-refractivity contribution >= 4 is 23.2 Å². The zero-order chi connectivity index (χ0) is 18.9. The number of hydrogen-bond donors (Lipinski definition) is 2. The average molecular weight is 356 g/mol. The summed E-state index contributed by atoms with van der Waals surface area (Å²) in [5.41, 5.74) is 1.33. The monoisotopic (exact) mass is 356 g/mol. The SMILES string of the molecule is C[NH+](CC(=O)N1c2ccccc2NC(=O)C1(C)C)Cc1ccc(F)cc1. The number of halogens is 1. The van der Waals surface area contributed by atoms with Crippen molar-refractivity contribution in [1.82, 2.24) is 0 Å². The number of fused-ring (bicyclic) bond motifs is 1. The second-order valence-electron chi connectivity index (χ2n) is 7.20. The summed E-state index contributed by atoms with van der Waals surface area (Å²) in [5.74, 6) is -0.613. The minimum absolute atomic E-state index is 0.128. The molecule has 1 heterocycles. The first kappa shape index (κ1) is 18.1. The van der Waals surface area contributed by atoms with Crippen molar-refractivity contribution in [3.05, 3.63) is 59.9 Å². The van der Waals surface area contributed by atoms with E-state index in [9.17, 15) is 14.0 Å². The van der Waals surface area contributed by atoms with Crippen molar-refractivity contribution < 1.29 is 18.9 Å². The van der Waals surface area contributed by atoms with Crippen molar-refractivity contribution in [3.63, 3.8) is 0 Å². The Morgan fingerprint density at radius 3 is 2.50 bits per heavy atom. The van der Waals surface area contributed by atoms with Crippen LogP contribution in [-0.4, -0.2) is 30.9 Å². The summed E-state index contributed by atoms with van der Waals surface area (Å²) in [6, 6.07) is 13.6. The lowest BCUT2D eigenvalue weighted by Crippen LogP contribution is -3.09. The minimum Gasteiger partial charge on any atom is -0.326 e. The minimum atomic E-state index is -0.971. The number of benzene rings is 2. The van der Waals surface area contributed by atoms with Gasteiger partial charge in [0.15, 0.2) is 6.54 Å². The molecule has 3 rings (SSSR count). The van der Waals surface area contributed by atoms with E-state index in [0.717, 1.165) is 10.5 Å². The number of para-hydroxylation sites is 2. The summed E-state index contributed by atoms with van der Waals surface area (Å²) >= 11 is 0. The lowest BCUT2D eigenvalue weighted by atomic mass is 9.96. The Labute approximate surface area is 152 Å². The van der Waals surface area contributed by atoms with E-state index in [4.69, 9.17) is 0 Å². The van der Waals surface area contributed by atoms with Gasteiger partial charge in [-0.25, -0.2) is 4.39 Å². The molecule has 0 aromatic heterocycles. The van der Waals surface area contributed by atoms with Gasteiger partial charge in [-0.3, -0.25) is 14.5 Å². The van der Waals surface area contributed by atoms with Crippen LogP contribution in [0.5, 0.6) is 0 Å². The predicted molar refractivity (Wildman–Crippen MR) is 98.5 cm³/mol. The molecule has 1 atom stereocenters. The predicted octanol–water partition coefficient (Wildman–Crippen LogP) is 1.60. The lowest BCUT2D eigenvalue weighted by molar-refractivity contribution is -0.885. The number of likely N-dealkylation sites (N-methyl/N-ethyl adjacent to an activating group) is 1. The van der Waals surface area contributed by atoms with Crippen LogP contribution < -0.4 is 15.1 Å². The number of rotatable bonds is 4. The molecule has 0 bridgehead atoms. The van der Waals surface area contributed by atoms with E-state index < -0.39 is 5.54 Å². The number of nitrogens with zero attached hydrogens (tertiary/aromatic N) is 1. The highest BCUT2D eigenvalue weighted by atomic mass is 19.1. The molecule has 26 heavy (non-hydrogen) atoms. The van der Waals surface area contributed by atoms with E-state index in [1.54, 1.807) is 36.9 Å². The highest BCUT2D eigenvalue weighted by molar-refractivity contribution is 6.14. The number of quaternary nitrogens is 1. The Balaban J connectivity index is 1.79. The first-order valence-electron chi connectivity index (χ1n) is 8.58. The van der Waals surface area contributed by atoms with Crippen molar-refractivity contribution in [2.75, 3.05) is 23.8 Å². The molecule has 2 amide bonds. The molecule has 5 nitrogen and oxygen atoms in total. The fourth-order valence-electron chi connectivity index (χ4n) is 3.25. The fourth-order valence-corrected chi connectivity index (χ4v) is 3.25. The maximum atomic E-state index is 13.0. The highest BCUT2D eigenvalue weighted by Gasteiger charge is 2.44. The first-order valence-corrected chi connectivity index (χ1v) is 8.58. The van der Waals surface area contributed by atoms with Gasteiger partial charge < -0.3 is 10.2 Å². The van der Waals surface area contributed by atoms with Crippen molar-refractivity contribution in [3.8, 4) is 0 Å². The summed E-state index contributed by atoms with van der Waals surface area (Å²) in [7, 11) is 1.91. The maximum absolute atomic E-state index is 13.0. The zero-order valence-electron chi connectivity index (χ0n) is 15.2. The molecule has 6 heteroatoms. The van der Waals surface area contributed by atoms with Crippen LogP contribution in [0.2, 0.25) is 0 Å². The van der Waals surface area contributed by atoms with Gasteiger partial charge in [0.05, 0.1) is 18.4 Å². The molecule has 0 aliphatic carbocycles. The summed E-state index contributed by atoms with van der Waals surface area (Å²) in [6.07, 6.45) is 0. The first-order chi connectivity index (χ1) is 12.3. The van der Waals surface area contributed by atoms with Gasteiger partial charge in [0, 0.05) is 5.56 Å². The molecule has 2 N–H and O–H groups in total. The van der Waals surface area contributed by atoms with Crippen LogP contribution in [0.1, 0.15) is 19.4 Å². The van der Waals surface area contributed by atoms with Crippen LogP contribution in [-0.2, 0) is 16.1 Å². The van der Waals surface area contributed by atoms with Gasteiger partial charge in [0.2, 0.25) is 5.91 Å². The van der Waals surface area contributed by atoms with Crippen LogP contribution in [0.25, 0.3) is 0 Å². The third-order valence-electron chi connectivity index (χ3n) is 4.63. The third kappa shape index (κ3) is 3.46. The summed E-state index contributed by atoms with van der Waals surface area (Å²) < 4.78 is 13.0. The number of amides is 2. The molecule has 1 aliphatic heterocycles. The molecule has 136 valence electrons. The van der Waals surface area contributed by atoms with Gasteiger partial charge in [0.25, 0.3) is 5.91 Å². The Hall–Kier alpha value is -2.73. The fraction of sp³-hybridized carbons (Fsp3) is 0.300. The molecule has 0 saturated carbocycles. The van der Waals surface area contributed by atoms with Gasteiger partial charge in [-0.2, -0.15) is 0 Å². The molecule has 1 aliphatic rings. The van der Waals surface area contributed by atoms with Gasteiger partial charge in [-0.15, -0.1) is 0 Å². The molecule has 0 radical (unpaired) electrons. The third-order valence-corrected chi connectivity index (χ3v) is 4.63. The second-order valence-corrected chi connectivity index (χ2v) is 7.20. The van der Waals surface area contributed by atoms with E-state index in [1.165, 1.54) is 12.1 Å². The Kier molecular flexibility index (Phi) is 4.78.